The van der Waals surface area contributed by atoms with Gasteiger partial charge in [-0.25, -0.2) is 0 Å². The number of aryl methyl sites for hydroxylation is 1. The number of rotatable bonds is 4. The van der Waals surface area contributed by atoms with Gasteiger partial charge in [0.05, 0.1) is 13.2 Å². The van der Waals surface area contributed by atoms with Crippen LogP contribution in [-0.2, 0) is 0 Å². The molecule has 2 rings (SSSR count). The Morgan fingerprint density at radius 3 is 2.24 bits per heavy atom. The van der Waals surface area contributed by atoms with Crippen molar-refractivity contribution in [2.75, 3.05) is 13.2 Å². The quantitative estimate of drug-likeness (QED) is 0.792. The summed E-state index contributed by atoms with van der Waals surface area (Å²) in [4.78, 5) is 0. The highest BCUT2D eigenvalue weighted by molar-refractivity contribution is 5.88. The van der Waals surface area contributed by atoms with Crippen LogP contribution in [0.3, 0.4) is 0 Å². The van der Waals surface area contributed by atoms with Crippen LogP contribution in [0.25, 0.3) is 10.8 Å². The van der Waals surface area contributed by atoms with Gasteiger partial charge in [-0.1, -0.05) is 18.2 Å². The lowest BCUT2D eigenvalue weighted by Crippen LogP contribution is -1.98. The zero-order chi connectivity index (χ0) is 12.3. The second-order valence-electron chi connectivity index (χ2n) is 3.96. The Morgan fingerprint density at radius 2 is 1.59 bits per heavy atom. The minimum atomic E-state index is 0.650. The molecule has 0 fully saturated rings. The number of fused-ring (bicyclic) bond motifs is 1. The molecule has 0 N–H and O–H groups in total. The summed E-state index contributed by atoms with van der Waals surface area (Å²) in [5.74, 6) is 1.66. The average Bonchev–Trinajstić information content (AvgIpc) is 2.32. The first kappa shape index (κ1) is 11.8. The SMILES string of the molecule is CCOc1cc2cccc(C)c2cc1OCC. The molecule has 90 valence electrons. The third-order valence-electron chi connectivity index (χ3n) is 2.76. The molecule has 0 amide bonds. The summed E-state index contributed by atoms with van der Waals surface area (Å²) < 4.78 is 11.2. The maximum absolute atomic E-state index is 5.63. The van der Waals surface area contributed by atoms with Gasteiger partial charge in [-0.2, -0.15) is 0 Å². The monoisotopic (exact) mass is 230 g/mol. The summed E-state index contributed by atoms with van der Waals surface area (Å²) in [6.45, 7) is 7.38. The topological polar surface area (TPSA) is 18.5 Å². The summed E-state index contributed by atoms with van der Waals surface area (Å²) in [5, 5.41) is 2.41. The molecule has 0 aliphatic carbocycles. The van der Waals surface area contributed by atoms with Crippen molar-refractivity contribution in [1.82, 2.24) is 0 Å². The van der Waals surface area contributed by atoms with Gasteiger partial charge in [-0.05, 0) is 49.2 Å². The Hall–Kier alpha value is -1.70. The van der Waals surface area contributed by atoms with Crippen LogP contribution in [0.15, 0.2) is 30.3 Å². The molecule has 0 heterocycles. The van der Waals surface area contributed by atoms with E-state index in [1.807, 2.05) is 13.8 Å². The molecule has 0 saturated heterocycles. The molecule has 2 heteroatoms. The molecular weight excluding hydrogens is 212 g/mol. The molecule has 0 saturated carbocycles. The van der Waals surface area contributed by atoms with Crippen molar-refractivity contribution in [1.29, 1.82) is 0 Å². The summed E-state index contributed by atoms with van der Waals surface area (Å²) in [6.07, 6.45) is 0. The van der Waals surface area contributed by atoms with Gasteiger partial charge in [0.15, 0.2) is 11.5 Å². The molecule has 0 radical (unpaired) electrons. The van der Waals surface area contributed by atoms with Crippen LogP contribution >= 0.6 is 0 Å². The molecular formula is C15H18O2. The fourth-order valence-corrected chi connectivity index (χ4v) is 1.98. The third-order valence-corrected chi connectivity index (χ3v) is 2.76. The highest BCUT2D eigenvalue weighted by Crippen LogP contribution is 2.33. The third kappa shape index (κ3) is 2.36. The van der Waals surface area contributed by atoms with Gasteiger partial charge in [0.25, 0.3) is 0 Å². The van der Waals surface area contributed by atoms with E-state index in [0.29, 0.717) is 13.2 Å². The van der Waals surface area contributed by atoms with E-state index in [2.05, 4.69) is 37.3 Å². The van der Waals surface area contributed by atoms with Crippen molar-refractivity contribution in [3.8, 4) is 11.5 Å². The zero-order valence-electron chi connectivity index (χ0n) is 10.6. The molecule has 0 unspecified atom stereocenters. The molecule has 2 aromatic rings. The van der Waals surface area contributed by atoms with Crippen molar-refractivity contribution in [2.24, 2.45) is 0 Å². The molecule has 0 aliphatic rings. The van der Waals surface area contributed by atoms with E-state index in [-0.39, 0.29) is 0 Å². The van der Waals surface area contributed by atoms with Gasteiger partial charge in [-0.15, -0.1) is 0 Å². The first-order valence-corrected chi connectivity index (χ1v) is 6.05. The summed E-state index contributed by atoms with van der Waals surface area (Å²) in [7, 11) is 0. The summed E-state index contributed by atoms with van der Waals surface area (Å²) in [6, 6.07) is 10.4. The summed E-state index contributed by atoms with van der Waals surface area (Å²) in [5.41, 5.74) is 1.26. The lowest BCUT2D eigenvalue weighted by atomic mass is 10.0. The first-order chi connectivity index (χ1) is 8.26. The van der Waals surface area contributed by atoms with E-state index in [1.54, 1.807) is 0 Å². The standard InChI is InChI=1S/C15H18O2/c1-4-16-14-9-12-8-6-7-11(3)13(12)10-15(14)17-5-2/h6-10H,4-5H2,1-3H3. The van der Waals surface area contributed by atoms with Crippen LogP contribution in [-0.4, -0.2) is 13.2 Å². The summed E-state index contributed by atoms with van der Waals surface area (Å²) >= 11 is 0. The second-order valence-corrected chi connectivity index (χ2v) is 3.96. The fourth-order valence-electron chi connectivity index (χ4n) is 1.98. The van der Waals surface area contributed by atoms with Crippen LogP contribution in [0, 0.1) is 6.92 Å². The zero-order valence-corrected chi connectivity index (χ0v) is 10.6. The van der Waals surface area contributed by atoms with E-state index in [9.17, 15) is 0 Å². The Kier molecular flexibility index (Phi) is 3.52. The Morgan fingerprint density at radius 1 is 0.941 bits per heavy atom. The maximum Gasteiger partial charge on any atom is 0.161 e. The molecule has 2 nitrogen and oxygen atoms in total. The van der Waals surface area contributed by atoms with Crippen LogP contribution < -0.4 is 9.47 Å². The Bertz CT molecular complexity index is 518. The lowest BCUT2D eigenvalue weighted by Gasteiger charge is -2.13. The largest absolute Gasteiger partial charge is 0.490 e. The van der Waals surface area contributed by atoms with Gasteiger partial charge >= 0.3 is 0 Å². The molecule has 2 aromatic carbocycles. The minimum Gasteiger partial charge on any atom is -0.490 e. The first-order valence-electron chi connectivity index (χ1n) is 6.05. The number of hydrogen-bond donors (Lipinski definition) is 0. The number of hydrogen-bond acceptors (Lipinski definition) is 2. The maximum atomic E-state index is 5.63. The van der Waals surface area contributed by atoms with Crippen LogP contribution in [0.2, 0.25) is 0 Å². The fraction of sp³-hybridized carbons (Fsp3) is 0.333. The van der Waals surface area contributed by atoms with Crippen LogP contribution in [0.5, 0.6) is 11.5 Å². The van der Waals surface area contributed by atoms with Gasteiger partial charge < -0.3 is 9.47 Å². The molecule has 0 bridgehead atoms. The molecule has 0 atom stereocenters. The van der Waals surface area contributed by atoms with Crippen LogP contribution in [0.4, 0.5) is 0 Å². The van der Waals surface area contributed by atoms with E-state index in [0.717, 1.165) is 11.5 Å². The van der Waals surface area contributed by atoms with Crippen molar-refractivity contribution < 1.29 is 9.47 Å². The minimum absolute atomic E-state index is 0.650. The molecule has 0 aliphatic heterocycles. The van der Waals surface area contributed by atoms with Gasteiger partial charge in [0, 0.05) is 0 Å². The predicted octanol–water partition coefficient (Wildman–Crippen LogP) is 3.95. The second kappa shape index (κ2) is 5.09. The van der Waals surface area contributed by atoms with Crippen LogP contribution in [0.1, 0.15) is 19.4 Å². The number of benzene rings is 2. The van der Waals surface area contributed by atoms with E-state index in [4.69, 9.17) is 9.47 Å². The number of ether oxygens (including phenoxy) is 2. The normalized spacial score (nSPS) is 10.5. The van der Waals surface area contributed by atoms with Crippen molar-refractivity contribution in [3.63, 3.8) is 0 Å². The van der Waals surface area contributed by atoms with Crippen molar-refractivity contribution in [3.05, 3.63) is 35.9 Å². The van der Waals surface area contributed by atoms with E-state index >= 15 is 0 Å². The Labute approximate surface area is 102 Å². The highest BCUT2D eigenvalue weighted by atomic mass is 16.5. The average molecular weight is 230 g/mol. The van der Waals surface area contributed by atoms with E-state index in [1.165, 1.54) is 16.3 Å². The van der Waals surface area contributed by atoms with E-state index < -0.39 is 0 Å². The molecule has 0 spiro atoms. The smallest absolute Gasteiger partial charge is 0.161 e. The molecule has 17 heavy (non-hydrogen) atoms. The Balaban J connectivity index is 2.59. The molecule has 0 aromatic heterocycles. The van der Waals surface area contributed by atoms with Gasteiger partial charge in [-0.3, -0.25) is 0 Å². The highest BCUT2D eigenvalue weighted by Gasteiger charge is 2.08. The lowest BCUT2D eigenvalue weighted by molar-refractivity contribution is 0.288. The van der Waals surface area contributed by atoms with Crippen molar-refractivity contribution >= 4 is 10.8 Å². The predicted molar refractivity (Wildman–Crippen MR) is 71.0 cm³/mol. The van der Waals surface area contributed by atoms with Gasteiger partial charge in [0.1, 0.15) is 0 Å². The van der Waals surface area contributed by atoms with Crippen molar-refractivity contribution in [2.45, 2.75) is 20.8 Å². The van der Waals surface area contributed by atoms with Gasteiger partial charge in [0.2, 0.25) is 0 Å².